The van der Waals surface area contributed by atoms with Gasteiger partial charge in [0, 0.05) is 13.1 Å². The van der Waals surface area contributed by atoms with Crippen molar-refractivity contribution < 1.29 is 21.6 Å². The molecule has 0 fully saturated rings. The molecule has 3 N–H and O–H groups in total. The van der Waals surface area contributed by atoms with Crippen LogP contribution in [0, 0.1) is 0 Å². The minimum Gasteiger partial charge on any atom is -0.326 e. The fourth-order valence-electron chi connectivity index (χ4n) is 1.34. The highest BCUT2D eigenvalue weighted by Crippen LogP contribution is 2.19. The molecule has 0 aliphatic carbocycles. The Kier molecular flexibility index (Phi) is 4.71. The first-order valence-electron chi connectivity index (χ1n) is 5.10. The molecule has 102 valence electrons. The number of benzene rings is 1. The summed E-state index contributed by atoms with van der Waals surface area (Å²) in [4.78, 5) is -0.0883. The van der Waals surface area contributed by atoms with Crippen LogP contribution in [-0.2, 0) is 16.6 Å². The Morgan fingerprint density at radius 1 is 1.22 bits per heavy atom. The number of hydrogen-bond acceptors (Lipinski definition) is 3. The Labute approximate surface area is 103 Å². The van der Waals surface area contributed by atoms with Crippen molar-refractivity contribution in [3.8, 4) is 0 Å². The van der Waals surface area contributed by atoms with Gasteiger partial charge in [0.25, 0.3) is 0 Å². The topological polar surface area (TPSA) is 72.2 Å². The highest BCUT2D eigenvalue weighted by Gasteiger charge is 2.27. The van der Waals surface area contributed by atoms with Gasteiger partial charge in [-0.3, -0.25) is 0 Å². The molecule has 0 radical (unpaired) electrons. The van der Waals surface area contributed by atoms with Crippen LogP contribution in [0.2, 0.25) is 0 Å². The zero-order valence-electron chi connectivity index (χ0n) is 9.37. The molecule has 0 unspecified atom stereocenters. The second-order valence-electron chi connectivity index (χ2n) is 3.57. The molecule has 4 nitrogen and oxygen atoms in total. The third-order valence-electron chi connectivity index (χ3n) is 2.18. The van der Waals surface area contributed by atoms with Gasteiger partial charge in [-0.2, -0.15) is 13.2 Å². The number of nitrogens with one attached hydrogen (secondary N) is 1. The SMILES string of the molecule is NCc1ccccc1S(=O)(=O)NCCC(F)(F)F. The molecule has 1 aromatic carbocycles. The molecule has 8 heteroatoms. The maximum atomic E-state index is 11.9. The fraction of sp³-hybridized carbons (Fsp3) is 0.400. The summed E-state index contributed by atoms with van der Waals surface area (Å²) in [5.74, 6) is 0. The zero-order chi connectivity index (χ0) is 13.8. The molecule has 0 aliphatic rings. The Balaban J connectivity index is 2.81. The minimum atomic E-state index is -4.39. The summed E-state index contributed by atoms with van der Waals surface area (Å²) in [7, 11) is -3.96. The smallest absolute Gasteiger partial charge is 0.326 e. The molecule has 1 aromatic rings. The first kappa shape index (κ1) is 14.9. The van der Waals surface area contributed by atoms with E-state index in [4.69, 9.17) is 5.73 Å². The van der Waals surface area contributed by atoms with Crippen molar-refractivity contribution in [1.29, 1.82) is 0 Å². The number of rotatable bonds is 5. The van der Waals surface area contributed by atoms with Crippen molar-refractivity contribution in [3.05, 3.63) is 29.8 Å². The molecule has 0 atom stereocenters. The van der Waals surface area contributed by atoms with E-state index in [1.165, 1.54) is 18.2 Å². The lowest BCUT2D eigenvalue weighted by Gasteiger charge is -2.11. The Morgan fingerprint density at radius 2 is 1.83 bits per heavy atom. The van der Waals surface area contributed by atoms with E-state index in [1.807, 2.05) is 4.72 Å². The summed E-state index contributed by atoms with van der Waals surface area (Å²) < 4.78 is 61.2. The van der Waals surface area contributed by atoms with Crippen LogP contribution in [0.15, 0.2) is 29.2 Å². The van der Waals surface area contributed by atoms with Crippen LogP contribution in [0.3, 0.4) is 0 Å². The third kappa shape index (κ3) is 4.28. The van der Waals surface area contributed by atoms with Crippen LogP contribution in [0.25, 0.3) is 0 Å². The van der Waals surface area contributed by atoms with Crippen LogP contribution < -0.4 is 10.5 Å². The second kappa shape index (κ2) is 5.68. The van der Waals surface area contributed by atoms with Crippen LogP contribution >= 0.6 is 0 Å². The van der Waals surface area contributed by atoms with Gasteiger partial charge in [0.1, 0.15) is 0 Å². The summed E-state index contributed by atoms with van der Waals surface area (Å²) in [6.07, 6.45) is -5.60. The predicted octanol–water partition coefficient (Wildman–Crippen LogP) is 1.38. The standard InChI is InChI=1S/C10H13F3N2O2S/c11-10(12,13)5-6-15-18(16,17)9-4-2-1-3-8(9)7-14/h1-4,15H,5-7,14H2. The monoisotopic (exact) mass is 282 g/mol. The van der Waals surface area contributed by atoms with Crippen molar-refractivity contribution in [2.24, 2.45) is 5.73 Å². The van der Waals surface area contributed by atoms with Crippen molar-refractivity contribution in [3.63, 3.8) is 0 Å². The summed E-state index contributed by atoms with van der Waals surface area (Å²) in [5.41, 5.74) is 5.73. The quantitative estimate of drug-likeness (QED) is 0.857. The van der Waals surface area contributed by atoms with Gasteiger partial charge in [-0.1, -0.05) is 18.2 Å². The van der Waals surface area contributed by atoms with E-state index >= 15 is 0 Å². The average molecular weight is 282 g/mol. The van der Waals surface area contributed by atoms with E-state index < -0.39 is 29.2 Å². The Morgan fingerprint density at radius 3 is 2.39 bits per heavy atom. The lowest BCUT2D eigenvalue weighted by molar-refractivity contribution is -0.132. The molecule has 1 rings (SSSR count). The molecular weight excluding hydrogens is 269 g/mol. The summed E-state index contributed by atoms with van der Waals surface area (Å²) in [6, 6.07) is 5.91. The van der Waals surface area contributed by atoms with Crippen molar-refractivity contribution in [2.45, 2.75) is 24.0 Å². The first-order chi connectivity index (χ1) is 8.26. The zero-order valence-corrected chi connectivity index (χ0v) is 10.2. The van der Waals surface area contributed by atoms with Crippen molar-refractivity contribution in [2.75, 3.05) is 6.54 Å². The summed E-state index contributed by atoms with van der Waals surface area (Å²) >= 11 is 0. The van der Waals surface area contributed by atoms with Gasteiger partial charge in [-0.05, 0) is 11.6 Å². The molecule has 0 heterocycles. The van der Waals surface area contributed by atoms with Gasteiger partial charge in [-0.15, -0.1) is 0 Å². The van der Waals surface area contributed by atoms with Crippen molar-refractivity contribution >= 4 is 10.0 Å². The van der Waals surface area contributed by atoms with Crippen LogP contribution in [0.1, 0.15) is 12.0 Å². The number of alkyl halides is 3. The largest absolute Gasteiger partial charge is 0.390 e. The highest BCUT2D eigenvalue weighted by molar-refractivity contribution is 7.89. The first-order valence-corrected chi connectivity index (χ1v) is 6.59. The molecule has 0 aromatic heterocycles. The van der Waals surface area contributed by atoms with Crippen LogP contribution in [-0.4, -0.2) is 21.1 Å². The number of halogens is 3. The predicted molar refractivity (Wildman–Crippen MR) is 60.2 cm³/mol. The molecule has 18 heavy (non-hydrogen) atoms. The van der Waals surface area contributed by atoms with Crippen LogP contribution in [0.4, 0.5) is 13.2 Å². The Bertz CT molecular complexity index is 500. The maximum absolute atomic E-state index is 11.9. The minimum absolute atomic E-state index is 0.00362. The van der Waals surface area contributed by atoms with Gasteiger partial charge in [0.05, 0.1) is 11.3 Å². The molecule has 0 aliphatic heterocycles. The van der Waals surface area contributed by atoms with Gasteiger partial charge >= 0.3 is 6.18 Å². The average Bonchev–Trinajstić information content (AvgIpc) is 2.27. The van der Waals surface area contributed by atoms with Gasteiger partial charge < -0.3 is 5.73 Å². The van der Waals surface area contributed by atoms with E-state index in [2.05, 4.69) is 0 Å². The van der Waals surface area contributed by atoms with E-state index in [0.29, 0.717) is 5.56 Å². The molecule has 0 saturated heterocycles. The lowest BCUT2D eigenvalue weighted by Crippen LogP contribution is -2.29. The molecular formula is C10H13F3N2O2S. The normalized spacial score (nSPS) is 12.7. The number of sulfonamides is 1. The van der Waals surface area contributed by atoms with E-state index in [-0.39, 0.29) is 11.4 Å². The lowest BCUT2D eigenvalue weighted by atomic mass is 10.2. The number of hydrogen-bond donors (Lipinski definition) is 2. The fourth-order valence-corrected chi connectivity index (χ4v) is 2.62. The third-order valence-corrected chi connectivity index (χ3v) is 3.74. The summed E-state index contributed by atoms with van der Waals surface area (Å²) in [6.45, 7) is -0.693. The van der Waals surface area contributed by atoms with Crippen molar-refractivity contribution in [1.82, 2.24) is 4.72 Å². The molecule has 0 saturated carbocycles. The Hall–Kier alpha value is -1.12. The van der Waals surface area contributed by atoms with Gasteiger partial charge in [0.15, 0.2) is 0 Å². The molecule has 0 amide bonds. The highest BCUT2D eigenvalue weighted by atomic mass is 32.2. The van der Waals surface area contributed by atoms with Gasteiger partial charge in [-0.25, -0.2) is 13.1 Å². The van der Waals surface area contributed by atoms with Crippen LogP contribution in [0.5, 0.6) is 0 Å². The van der Waals surface area contributed by atoms with E-state index in [1.54, 1.807) is 6.07 Å². The summed E-state index contributed by atoms with van der Waals surface area (Å²) in [5, 5.41) is 0. The van der Waals surface area contributed by atoms with E-state index in [9.17, 15) is 21.6 Å². The van der Waals surface area contributed by atoms with Gasteiger partial charge in [0.2, 0.25) is 10.0 Å². The maximum Gasteiger partial charge on any atom is 0.390 e. The molecule has 0 spiro atoms. The second-order valence-corrected chi connectivity index (χ2v) is 5.31. The number of nitrogens with two attached hydrogens (primary N) is 1. The molecule has 0 bridgehead atoms. The van der Waals surface area contributed by atoms with E-state index in [0.717, 1.165) is 0 Å².